The fraction of sp³-hybridized carbons (Fsp3) is 0.429. The van der Waals surface area contributed by atoms with Crippen molar-refractivity contribution in [1.29, 1.82) is 0 Å². The topological polar surface area (TPSA) is 0 Å². The molecular weight excluding hydrogens is 364 g/mol. The van der Waals surface area contributed by atoms with E-state index in [9.17, 15) is 0 Å². The smallest absolute Gasteiger partial charge is 0.0632 e. The lowest BCUT2D eigenvalue weighted by atomic mass is 10.00. The quantitative estimate of drug-likeness (QED) is 0.514. The standard InChI is InChI=1S/C28H38Si/c1-9-24-14-25(10-2)16-26(15-24)29(28-12-11-18(3)13-19(28)4)17-27-22(7)20(5)21(6)23(27)8/h11-16,22,29H,9-10,17H2,1-8H3. The predicted octanol–water partition coefficient (Wildman–Crippen LogP) is 6.07. The van der Waals surface area contributed by atoms with E-state index in [2.05, 4.69) is 91.8 Å². The van der Waals surface area contributed by atoms with Gasteiger partial charge in [0.2, 0.25) is 0 Å². The molecule has 1 heteroatoms. The van der Waals surface area contributed by atoms with Gasteiger partial charge in [0.15, 0.2) is 0 Å². The van der Waals surface area contributed by atoms with E-state index in [-0.39, 0.29) is 0 Å². The third kappa shape index (κ3) is 4.35. The molecular formula is C28H38Si. The highest BCUT2D eigenvalue weighted by Gasteiger charge is 2.28. The minimum Gasteiger partial charge on any atom is -0.0632 e. The highest BCUT2D eigenvalue weighted by atomic mass is 28.3. The maximum Gasteiger partial charge on any atom is 0.107 e. The zero-order valence-corrected chi connectivity index (χ0v) is 20.9. The van der Waals surface area contributed by atoms with Crippen LogP contribution in [0.25, 0.3) is 0 Å². The molecule has 0 saturated heterocycles. The average molecular weight is 403 g/mol. The monoisotopic (exact) mass is 402 g/mol. The first kappa shape index (κ1) is 21.8. The van der Waals surface area contributed by atoms with Gasteiger partial charge in [0.1, 0.15) is 8.80 Å². The van der Waals surface area contributed by atoms with Gasteiger partial charge in [0.05, 0.1) is 0 Å². The van der Waals surface area contributed by atoms with Gasteiger partial charge in [-0.3, -0.25) is 0 Å². The molecule has 0 amide bonds. The Morgan fingerprint density at radius 2 is 1.41 bits per heavy atom. The molecule has 3 rings (SSSR count). The molecule has 154 valence electrons. The summed E-state index contributed by atoms with van der Waals surface area (Å²) in [4.78, 5) is 0. The molecule has 0 aliphatic heterocycles. The van der Waals surface area contributed by atoms with Crippen LogP contribution < -0.4 is 10.4 Å². The largest absolute Gasteiger partial charge is 0.107 e. The highest BCUT2D eigenvalue weighted by molar-refractivity contribution is 6.86. The molecule has 0 heterocycles. The van der Waals surface area contributed by atoms with Gasteiger partial charge in [0.25, 0.3) is 0 Å². The number of benzene rings is 2. The van der Waals surface area contributed by atoms with Gasteiger partial charge in [-0.2, -0.15) is 0 Å². The molecule has 2 unspecified atom stereocenters. The first-order valence-corrected chi connectivity index (χ1v) is 13.3. The van der Waals surface area contributed by atoms with Crippen molar-refractivity contribution in [3.8, 4) is 0 Å². The maximum absolute atomic E-state index is 2.53. The number of aryl methyl sites for hydroxylation is 4. The number of hydrogen-bond acceptors (Lipinski definition) is 0. The molecule has 0 fully saturated rings. The SMILES string of the molecule is CCc1cc(CC)cc([SiH](CC2=C(C)C(C)=C(C)C2C)c2ccc(C)cc2C)c1. The van der Waals surface area contributed by atoms with Crippen molar-refractivity contribution in [1.82, 2.24) is 0 Å². The normalized spacial score (nSPS) is 18.0. The summed E-state index contributed by atoms with van der Waals surface area (Å²) in [5, 5.41) is 3.25. The van der Waals surface area contributed by atoms with E-state index in [0.29, 0.717) is 5.92 Å². The van der Waals surface area contributed by atoms with Gasteiger partial charge in [-0.25, -0.2) is 0 Å². The number of rotatable bonds is 6. The summed E-state index contributed by atoms with van der Waals surface area (Å²) in [7, 11) is -1.36. The minimum atomic E-state index is -1.36. The third-order valence-electron chi connectivity index (χ3n) is 7.33. The molecule has 0 spiro atoms. The van der Waals surface area contributed by atoms with Crippen LogP contribution in [0, 0.1) is 19.8 Å². The molecule has 2 aromatic rings. The van der Waals surface area contributed by atoms with Crippen molar-refractivity contribution in [2.24, 2.45) is 5.92 Å². The van der Waals surface area contributed by atoms with E-state index in [0.717, 1.165) is 12.8 Å². The second kappa shape index (κ2) is 8.88. The Kier molecular flexibility index (Phi) is 6.68. The molecule has 29 heavy (non-hydrogen) atoms. The molecule has 1 aliphatic rings. The number of hydrogen-bond donors (Lipinski definition) is 0. The Labute approximate surface area is 180 Å². The lowest BCUT2D eigenvalue weighted by molar-refractivity contribution is 0.812. The van der Waals surface area contributed by atoms with Gasteiger partial charge in [0, 0.05) is 0 Å². The molecule has 2 atom stereocenters. The average Bonchev–Trinajstić information content (AvgIpc) is 2.89. The minimum absolute atomic E-state index is 0.593. The Bertz CT molecular complexity index is 952. The molecule has 1 aliphatic carbocycles. The van der Waals surface area contributed by atoms with E-state index in [1.54, 1.807) is 27.1 Å². The van der Waals surface area contributed by atoms with Crippen molar-refractivity contribution in [2.45, 2.75) is 74.3 Å². The first-order valence-electron chi connectivity index (χ1n) is 11.3. The summed E-state index contributed by atoms with van der Waals surface area (Å²) >= 11 is 0. The summed E-state index contributed by atoms with van der Waals surface area (Å²) < 4.78 is 0. The molecule has 2 aromatic carbocycles. The number of allylic oxidation sites excluding steroid dienone is 4. The maximum atomic E-state index is 2.53. The molecule has 0 saturated carbocycles. The molecule has 0 radical (unpaired) electrons. The first-order chi connectivity index (χ1) is 13.8. The summed E-state index contributed by atoms with van der Waals surface area (Å²) in [5.41, 5.74) is 12.2. The fourth-order valence-electron chi connectivity index (χ4n) is 5.02. The summed E-state index contributed by atoms with van der Waals surface area (Å²) in [5.74, 6) is 0.593. The second-order valence-corrected chi connectivity index (χ2v) is 11.9. The van der Waals surface area contributed by atoms with Crippen LogP contribution in [-0.4, -0.2) is 8.80 Å². The van der Waals surface area contributed by atoms with Gasteiger partial charge >= 0.3 is 0 Å². The van der Waals surface area contributed by atoms with E-state index >= 15 is 0 Å². The van der Waals surface area contributed by atoms with E-state index in [1.165, 1.54) is 33.9 Å². The van der Waals surface area contributed by atoms with Crippen molar-refractivity contribution in [3.63, 3.8) is 0 Å². The van der Waals surface area contributed by atoms with Crippen LogP contribution in [0.4, 0.5) is 0 Å². The Hall–Kier alpha value is -1.86. The zero-order valence-electron chi connectivity index (χ0n) is 19.7. The zero-order chi connectivity index (χ0) is 21.3. The summed E-state index contributed by atoms with van der Waals surface area (Å²) in [6.45, 7) is 18.5. The highest BCUT2D eigenvalue weighted by Crippen LogP contribution is 2.39. The van der Waals surface area contributed by atoms with E-state index in [1.807, 2.05) is 0 Å². The van der Waals surface area contributed by atoms with Crippen LogP contribution in [0.5, 0.6) is 0 Å². The van der Waals surface area contributed by atoms with Crippen molar-refractivity contribution in [2.75, 3.05) is 0 Å². The summed E-state index contributed by atoms with van der Waals surface area (Å²) in [6.07, 6.45) is 2.24. The van der Waals surface area contributed by atoms with Crippen molar-refractivity contribution < 1.29 is 0 Å². The molecule has 0 N–H and O–H groups in total. The van der Waals surface area contributed by atoms with Crippen LogP contribution in [-0.2, 0) is 12.8 Å². The van der Waals surface area contributed by atoms with E-state index in [4.69, 9.17) is 0 Å². The summed E-state index contributed by atoms with van der Waals surface area (Å²) in [6, 6.07) is 15.9. The second-order valence-electron chi connectivity index (χ2n) is 9.09. The van der Waals surface area contributed by atoms with Crippen LogP contribution in [0.3, 0.4) is 0 Å². The Morgan fingerprint density at radius 3 is 1.90 bits per heavy atom. The van der Waals surface area contributed by atoms with E-state index < -0.39 is 8.80 Å². The molecule has 0 bridgehead atoms. The lowest BCUT2D eigenvalue weighted by Gasteiger charge is -2.24. The van der Waals surface area contributed by atoms with Gasteiger partial charge in [-0.15, -0.1) is 0 Å². The van der Waals surface area contributed by atoms with Gasteiger partial charge in [-0.05, 0) is 81.7 Å². The van der Waals surface area contributed by atoms with Crippen LogP contribution in [0.1, 0.15) is 63.8 Å². The Balaban J connectivity index is 2.14. The molecule has 0 aromatic heterocycles. The van der Waals surface area contributed by atoms with Crippen molar-refractivity contribution in [3.05, 3.63) is 80.9 Å². The van der Waals surface area contributed by atoms with Crippen LogP contribution in [0.15, 0.2) is 58.7 Å². The van der Waals surface area contributed by atoms with Gasteiger partial charge < -0.3 is 0 Å². The fourth-order valence-corrected chi connectivity index (χ4v) is 8.73. The lowest BCUT2D eigenvalue weighted by Crippen LogP contribution is -2.44. The van der Waals surface area contributed by atoms with Crippen molar-refractivity contribution >= 4 is 19.2 Å². The van der Waals surface area contributed by atoms with Crippen LogP contribution in [0.2, 0.25) is 6.04 Å². The van der Waals surface area contributed by atoms with Crippen LogP contribution >= 0.6 is 0 Å². The third-order valence-corrected chi connectivity index (χ3v) is 10.7. The van der Waals surface area contributed by atoms with Gasteiger partial charge in [-0.1, -0.05) is 89.8 Å². The Morgan fingerprint density at radius 1 is 0.793 bits per heavy atom. The predicted molar refractivity (Wildman–Crippen MR) is 133 cm³/mol. The molecule has 0 nitrogen and oxygen atoms in total.